The zero-order valence-electron chi connectivity index (χ0n) is 9.81. The highest BCUT2D eigenvalue weighted by atomic mass is 32.2. The maximum atomic E-state index is 12.0. The standard InChI is InChI=1S/C10H22N2O2S/c1-8(2)7-15(13,14)12-6-4-5-9(3)10(12)11/h8-10H,4-7,11H2,1-3H3. The molecule has 0 amide bonds. The van der Waals surface area contributed by atoms with Gasteiger partial charge in [-0.1, -0.05) is 20.8 Å². The van der Waals surface area contributed by atoms with E-state index >= 15 is 0 Å². The topological polar surface area (TPSA) is 63.4 Å². The summed E-state index contributed by atoms with van der Waals surface area (Å²) in [6.45, 7) is 6.43. The fraction of sp³-hybridized carbons (Fsp3) is 1.00. The van der Waals surface area contributed by atoms with Crippen molar-refractivity contribution >= 4 is 10.0 Å². The molecule has 90 valence electrons. The largest absolute Gasteiger partial charge is 0.315 e. The van der Waals surface area contributed by atoms with Crippen LogP contribution in [0, 0.1) is 11.8 Å². The predicted octanol–water partition coefficient (Wildman–Crippen LogP) is 0.989. The summed E-state index contributed by atoms with van der Waals surface area (Å²) in [4.78, 5) is 0. The Bertz CT molecular complexity index is 301. The van der Waals surface area contributed by atoms with Crippen molar-refractivity contribution in [2.75, 3.05) is 12.3 Å². The van der Waals surface area contributed by atoms with Gasteiger partial charge >= 0.3 is 0 Å². The van der Waals surface area contributed by atoms with E-state index in [1.165, 1.54) is 4.31 Å². The molecule has 15 heavy (non-hydrogen) atoms. The van der Waals surface area contributed by atoms with Gasteiger partial charge in [0, 0.05) is 6.54 Å². The van der Waals surface area contributed by atoms with E-state index in [1.54, 1.807) is 0 Å². The maximum absolute atomic E-state index is 12.0. The van der Waals surface area contributed by atoms with Gasteiger partial charge in [-0.3, -0.25) is 0 Å². The van der Waals surface area contributed by atoms with Crippen LogP contribution in [0.25, 0.3) is 0 Å². The monoisotopic (exact) mass is 234 g/mol. The third-order valence-corrected chi connectivity index (χ3v) is 5.08. The Morgan fingerprint density at radius 1 is 1.47 bits per heavy atom. The second-order valence-corrected chi connectivity index (χ2v) is 6.86. The highest BCUT2D eigenvalue weighted by molar-refractivity contribution is 7.89. The average molecular weight is 234 g/mol. The molecule has 5 heteroatoms. The lowest BCUT2D eigenvalue weighted by Crippen LogP contribution is -2.53. The smallest absolute Gasteiger partial charge is 0.215 e. The molecule has 0 radical (unpaired) electrons. The van der Waals surface area contributed by atoms with Crippen LogP contribution in [0.2, 0.25) is 0 Å². The van der Waals surface area contributed by atoms with Crippen LogP contribution in [0.5, 0.6) is 0 Å². The molecule has 0 aromatic carbocycles. The van der Waals surface area contributed by atoms with Gasteiger partial charge in [-0.05, 0) is 24.7 Å². The summed E-state index contributed by atoms with van der Waals surface area (Å²) in [6, 6.07) is 0. The SMILES string of the molecule is CC(C)CS(=O)(=O)N1CCCC(C)C1N. The van der Waals surface area contributed by atoms with E-state index < -0.39 is 10.0 Å². The highest BCUT2D eigenvalue weighted by Crippen LogP contribution is 2.23. The lowest BCUT2D eigenvalue weighted by Gasteiger charge is -2.36. The van der Waals surface area contributed by atoms with Crippen molar-refractivity contribution in [3.05, 3.63) is 0 Å². The quantitative estimate of drug-likeness (QED) is 0.792. The van der Waals surface area contributed by atoms with Crippen LogP contribution >= 0.6 is 0 Å². The predicted molar refractivity (Wildman–Crippen MR) is 61.7 cm³/mol. The van der Waals surface area contributed by atoms with Gasteiger partial charge in [-0.15, -0.1) is 0 Å². The Hall–Kier alpha value is -0.130. The van der Waals surface area contributed by atoms with Crippen LogP contribution in [0.15, 0.2) is 0 Å². The summed E-state index contributed by atoms with van der Waals surface area (Å²) >= 11 is 0. The number of sulfonamides is 1. The molecule has 0 aliphatic carbocycles. The Labute approximate surface area is 92.9 Å². The van der Waals surface area contributed by atoms with Crippen LogP contribution in [-0.4, -0.2) is 31.2 Å². The minimum absolute atomic E-state index is 0.152. The summed E-state index contributed by atoms with van der Waals surface area (Å²) < 4.78 is 25.5. The number of hydrogen-bond acceptors (Lipinski definition) is 3. The van der Waals surface area contributed by atoms with E-state index in [1.807, 2.05) is 20.8 Å². The molecule has 1 aliphatic rings. The zero-order chi connectivity index (χ0) is 11.6. The molecule has 2 atom stereocenters. The first kappa shape index (κ1) is 12.9. The van der Waals surface area contributed by atoms with E-state index in [-0.39, 0.29) is 23.8 Å². The van der Waals surface area contributed by atoms with E-state index in [2.05, 4.69) is 0 Å². The first-order chi connectivity index (χ1) is 6.84. The first-order valence-electron chi connectivity index (χ1n) is 5.59. The molecule has 0 saturated carbocycles. The van der Waals surface area contributed by atoms with Crippen LogP contribution in [0.1, 0.15) is 33.6 Å². The van der Waals surface area contributed by atoms with Crippen molar-refractivity contribution in [2.45, 2.75) is 39.8 Å². The number of hydrogen-bond donors (Lipinski definition) is 1. The molecule has 0 aromatic heterocycles. The lowest BCUT2D eigenvalue weighted by atomic mass is 9.99. The number of piperidine rings is 1. The minimum Gasteiger partial charge on any atom is -0.315 e. The second kappa shape index (κ2) is 4.80. The Morgan fingerprint density at radius 3 is 2.60 bits per heavy atom. The van der Waals surface area contributed by atoms with Gasteiger partial charge in [0.15, 0.2) is 0 Å². The molecule has 1 saturated heterocycles. The van der Waals surface area contributed by atoms with Crippen molar-refractivity contribution in [2.24, 2.45) is 17.6 Å². The molecule has 0 spiro atoms. The molecule has 1 fully saturated rings. The third kappa shape index (κ3) is 3.16. The molecule has 1 rings (SSSR count). The van der Waals surface area contributed by atoms with E-state index in [0.29, 0.717) is 6.54 Å². The van der Waals surface area contributed by atoms with Gasteiger partial charge in [0.25, 0.3) is 0 Å². The van der Waals surface area contributed by atoms with Gasteiger partial charge in [0.2, 0.25) is 10.0 Å². The summed E-state index contributed by atoms with van der Waals surface area (Å²) in [5.74, 6) is 0.619. The van der Waals surface area contributed by atoms with Gasteiger partial charge in [-0.25, -0.2) is 8.42 Å². The molecular weight excluding hydrogens is 212 g/mol. The normalized spacial score (nSPS) is 29.7. The Morgan fingerprint density at radius 2 is 2.07 bits per heavy atom. The van der Waals surface area contributed by atoms with Gasteiger partial charge in [0.05, 0.1) is 11.9 Å². The van der Waals surface area contributed by atoms with Crippen LogP contribution < -0.4 is 5.73 Å². The summed E-state index contributed by atoms with van der Waals surface area (Å²) in [5, 5.41) is 0. The zero-order valence-corrected chi connectivity index (χ0v) is 10.6. The molecular formula is C10H22N2O2S. The molecule has 0 bridgehead atoms. The van der Waals surface area contributed by atoms with Crippen molar-refractivity contribution in [3.63, 3.8) is 0 Å². The summed E-state index contributed by atoms with van der Waals surface area (Å²) in [5.41, 5.74) is 5.93. The van der Waals surface area contributed by atoms with E-state index in [4.69, 9.17) is 5.73 Å². The molecule has 1 heterocycles. The van der Waals surface area contributed by atoms with Crippen LogP contribution in [0.4, 0.5) is 0 Å². The third-order valence-electron chi connectivity index (χ3n) is 2.85. The lowest BCUT2D eigenvalue weighted by molar-refractivity contribution is 0.191. The van der Waals surface area contributed by atoms with Gasteiger partial charge in [-0.2, -0.15) is 4.31 Å². The Kier molecular flexibility index (Phi) is 4.14. The fourth-order valence-electron chi connectivity index (χ4n) is 2.01. The van der Waals surface area contributed by atoms with E-state index in [0.717, 1.165) is 12.8 Å². The average Bonchev–Trinajstić information content (AvgIpc) is 2.07. The van der Waals surface area contributed by atoms with Gasteiger partial charge in [0.1, 0.15) is 0 Å². The van der Waals surface area contributed by atoms with Crippen molar-refractivity contribution in [1.82, 2.24) is 4.31 Å². The highest BCUT2D eigenvalue weighted by Gasteiger charge is 2.33. The maximum Gasteiger partial charge on any atom is 0.215 e. The first-order valence-corrected chi connectivity index (χ1v) is 7.20. The fourth-order valence-corrected chi connectivity index (χ4v) is 4.03. The molecule has 2 unspecified atom stereocenters. The van der Waals surface area contributed by atoms with Crippen molar-refractivity contribution in [3.8, 4) is 0 Å². The molecule has 0 aromatic rings. The molecule has 4 nitrogen and oxygen atoms in total. The van der Waals surface area contributed by atoms with E-state index in [9.17, 15) is 8.42 Å². The summed E-state index contributed by atoms with van der Waals surface area (Å²) in [7, 11) is -3.16. The van der Waals surface area contributed by atoms with Crippen molar-refractivity contribution in [1.29, 1.82) is 0 Å². The number of rotatable bonds is 3. The Balaban J connectivity index is 2.77. The number of nitrogens with two attached hydrogens (primary N) is 1. The minimum atomic E-state index is -3.16. The van der Waals surface area contributed by atoms with Crippen LogP contribution in [-0.2, 0) is 10.0 Å². The van der Waals surface area contributed by atoms with Gasteiger partial charge < -0.3 is 5.73 Å². The second-order valence-electron chi connectivity index (χ2n) is 4.89. The van der Waals surface area contributed by atoms with Crippen LogP contribution in [0.3, 0.4) is 0 Å². The molecule has 1 aliphatic heterocycles. The van der Waals surface area contributed by atoms with Crippen molar-refractivity contribution < 1.29 is 8.42 Å². The molecule has 2 N–H and O–H groups in total. The summed E-state index contributed by atoms with van der Waals surface area (Å²) in [6.07, 6.45) is 1.61. The number of nitrogens with zero attached hydrogens (tertiary/aromatic N) is 1.